The topological polar surface area (TPSA) is 50.9 Å². The maximum absolute atomic E-state index is 13.6. The number of aromatic nitrogens is 1. The monoisotopic (exact) mass is 283 g/mol. The molecule has 0 aliphatic rings. The largest absolute Gasteiger partial charge is 0.271 e. The van der Waals surface area contributed by atoms with Gasteiger partial charge in [0.25, 0.3) is 0 Å². The summed E-state index contributed by atoms with van der Waals surface area (Å²) in [5.74, 6) is 4.22. The zero-order valence-corrected chi connectivity index (χ0v) is 10.7. The fourth-order valence-corrected chi connectivity index (χ4v) is 2.05. The maximum atomic E-state index is 13.6. The molecule has 0 bridgehead atoms. The lowest BCUT2D eigenvalue weighted by Gasteiger charge is -2.16. The first kappa shape index (κ1) is 13.9. The average Bonchev–Trinajstić information content (AvgIpc) is 2.39. The lowest BCUT2D eigenvalue weighted by molar-refractivity contribution is 0.513. The molecule has 2 aromatic rings. The zero-order valence-electron chi connectivity index (χ0n) is 9.91. The standard InChI is InChI=1S/C13H12ClF2N3/c14-10-2-1-5-18-13(10)12(19-17)6-8-3-4-9(15)7-11(8)16/h1-5,7,12,19H,6,17H2. The number of nitrogens with one attached hydrogen (secondary N) is 1. The van der Waals surface area contributed by atoms with Crippen molar-refractivity contribution in [2.75, 3.05) is 0 Å². The van der Waals surface area contributed by atoms with Crippen molar-refractivity contribution in [3.05, 3.63) is 64.4 Å². The number of hydrogen-bond donors (Lipinski definition) is 2. The van der Waals surface area contributed by atoms with E-state index in [0.29, 0.717) is 16.3 Å². The van der Waals surface area contributed by atoms with Crippen LogP contribution in [-0.4, -0.2) is 4.98 Å². The van der Waals surface area contributed by atoms with Crippen molar-refractivity contribution in [1.82, 2.24) is 10.4 Å². The van der Waals surface area contributed by atoms with Crippen LogP contribution in [0.25, 0.3) is 0 Å². The minimum absolute atomic E-state index is 0.222. The van der Waals surface area contributed by atoms with Crippen LogP contribution in [0.3, 0.4) is 0 Å². The number of pyridine rings is 1. The molecule has 0 spiro atoms. The van der Waals surface area contributed by atoms with Gasteiger partial charge < -0.3 is 0 Å². The second kappa shape index (κ2) is 6.06. The van der Waals surface area contributed by atoms with Crippen LogP contribution in [0.15, 0.2) is 36.5 Å². The van der Waals surface area contributed by atoms with Gasteiger partial charge in [-0.2, -0.15) is 0 Å². The fourth-order valence-electron chi connectivity index (χ4n) is 1.80. The van der Waals surface area contributed by atoms with Gasteiger partial charge in [0.2, 0.25) is 0 Å². The van der Waals surface area contributed by atoms with E-state index >= 15 is 0 Å². The highest BCUT2D eigenvalue weighted by Gasteiger charge is 2.17. The number of halogens is 3. The van der Waals surface area contributed by atoms with Crippen LogP contribution in [0.2, 0.25) is 5.02 Å². The molecule has 100 valence electrons. The summed E-state index contributed by atoms with van der Waals surface area (Å²) in [6, 6.07) is 6.34. The van der Waals surface area contributed by atoms with Gasteiger partial charge in [-0.3, -0.25) is 16.3 Å². The molecular formula is C13H12ClF2N3. The predicted octanol–water partition coefficient (Wildman–Crippen LogP) is 2.76. The van der Waals surface area contributed by atoms with Gasteiger partial charge in [0.1, 0.15) is 11.6 Å². The van der Waals surface area contributed by atoms with E-state index in [1.807, 2.05) is 0 Å². The Labute approximate surface area is 114 Å². The summed E-state index contributed by atoms with van der Waals surface area (Å²) in [5, 5.41) is 0.438. The van der Waals surface area contributed by atoms with E-state index in [2.05, 4.69) is 10.4 Å². The van der Waals surface area contributed by atoms with Crippen LogP contribution in [0.1, 0.15) is 17.3 Å². The van der Waals surface area contributed by atoms with Gasteiger partial charge in [0.05, 0.1) is 16.8 Å². The van der Waals surface area contributed by atoms with Crippen molar-refractivity contribution in [3.63, 3.8) is 0 Å². The molecule has 0 aliphatic carbocycles. The van der Waals surface area contributed by atoms with Crippen LogP contribution in [0.4, 0.5) is 8.78 Å². The molecule has 1 heterocycles. The van der Waals surface area contributed by atoms with E-state index in [9.17, 15) is 8.78 Å². The summed E-state index contributed by atoms with van der Waals surface area (Å²) in [5.41, 5.74) is 3.40. The first-order valence-corrected chi connectivity index (χ1v) is 6.00. The summed E-state index contributed by atoms with van der Waals surface area (Å²) >= 11 is 6.02. The van der Waals surface area contributed by atoms with Crippen LogP contribution in [0.5, 0.6) is 0 Å². The molecular weight excluding hydrogens is 272 g/mol. The Morgan fingerprint density at radius 1 is 1.32 bits per heavy atom. The minimum Gasteiger partial charge on any atom is -0.271 e. The molecule has 0 amide bonds. The lowest BCUT2D eigenvalue weighted by Crippen LogP contribution is -2.30. The van der Waals surface area contributed by atoms with Crippen molar-refractivity contribution in [3.8, 4) is 0 Å². The highest BCUT2D eigenvalue weighted by molar-refractivity contribution is 6.31. The summed E-state index contributed by atoms with van der Waals surface area (Å²) in [7, 11) is 0. The summed E-state index contributed by atoms with van der Waals surface area (Å²) < 4.78 is 26.4. The van der Waals surface area contributed by atoms with Gasteiger partial charge in [-0.15, -0.1) is 0 Å². The quantitative estimate of drug-likeness (QED) is 0.670. The maximum Gasteiger partial charge on any atom is 0.129 e. The molecule has 3 N–H and O–H groups in total. The SMILES string of the molecule is NNC(Cc1ccc(F)cc1F)c1ncccc1Cl. The Morgan fingerprint density at radius 2 is 2.11 bits per heavy atom. The molecule has 6 heteroatoms. The van der Waals surface area contributed by atoms with Crippen molar-refractivity contribution < 1.29 is 8.78 Å². The van der Waals surface area contributed by atoms with E-state index in [4.69, 9.17) is 17.4 Å². The summed E-state index contributed by atoms with van der Waals surface area (Å²) in [6.07, 6.45) is 1.80. The Bertz CT molecular complexity index is 578. The van der Waals surface area contributed by atoms with E-state index < -0.39 is 17.7 Å². The third kappa shape index (κ3) is 3.26. The number of nitrogens with zero attached hydrogens (tertiary/aromatic N) is 1. The van der Waals surface area contributed by atoms with Crippen molar-refractivity contribution in [1.29, 1.82) is 0 Å². The molecule has 19 heavy (non-hydrogen) atoms. The van der Waals surface area contributed by atoms with Gasteiger partial charge in [0, 0.05) is 12.3 Å². The fraction of sp³-hybridized carbons (Fsp3) is 0.154. The van der Waals surface area contributed by atoms with E-state index in [1.54, 1.807) is 18.3 Å². The molecule has 1 aromatic heterocycles. The third-order valence-corrected chi connectivity index (χ3v) is 3.08. The smallest absolute Gasteiger partial charge is 0.129 e. The predicted molar refractivity (Wildman–Crippen MR) is 69.4 cm³/mol. The molecule has 0 saturated heterocycles. The molecule has 3 nitrogen and oxygen atoms in total. The number of benzene rings is 1. The van der Waals surface area contributed by atoms with Gasteiger partial charge in [-0.25, -0.2) is 8.78 Å². The van der Waals surface area contributed by atoms with E-state index in [0.717, 1.165) is 6.07 Å². The average molecular weight is 284 g/mol. The number of hydrogen-bond acceptors (Lipinski definition) is 3. The Hall–Kier alpha value is -1.56. The molecule has 1 unspecified atom stereocenters. The number of hydrazine groups is 1. The first-order chi connectivity index (χ1) is 9.11. The molecule has 0 radical (unpaired) electrons. The molecule has 0 aliphatic heterocycles. The number of rotatable bonds is 4. The summed E-state index contributed by atoms with van der Waals surface area (Å²) in [4.78, 5) is 4.12. The van der Waals surface area contributed by atoms with Crippen LogP contribution in [-0.2, 0) is 6.42 Å². The number of nitrogens with two attached hydrogens (primary N) is 1. The van der Waals surface area contributed by atoms with Crippen LogP contribution in [0, 0.1) is 11.6 Å². The highest BCUT2D eigenvalue weighted by atomic mass is 35.5. The highest BCUT2D eigenvalue weighted by Crippen LogP contribution is 2.24. The third-order valence-electron chi connectivity index (χ3n) is 2.76. The van der Waals surface area contributed by atoms with Gasteiger partial charge in [0.15, 0.2) is 0 Å². The van der Waals surface area contributed by atoms with Crippen LogP contribution < -0.4 is 11.3 Å². The molecule has 1 atom stereocenters. The minimum atomic E-state index is -0.618. The first-order valence-electron chi connectivity index (χ1n) is 5.62. The Morgan fingerprint density at radius 3 is 2.74 bits per heavy atom. The second-order valence-corrected chi connectivity index (χ2v) is 4.44. The molecule has 2 rings (SSSR count). The van der Waals surface area contributed by atoms with Crippen molar-refractivity contribution in [2.45, 2.75) is 12.5 Å². The zero-order chi connectivity index (χ0) is 13.8. The Balaban J connectivity index is 2.27. The molecule has 1 aromatic carbocycles. The van der Waals surface area contributed by atoms with Gasteiger partial charge in [-0.05, 0) is 30.2 Å². The normalized spacial score (nSPS) is 12.4. The summed E-state index contributed by atoms with van der Waals surface area (Å²) in [6.45, 7) is 0. The van der Waals surface area contributed by atoms with E-state index in [1.165, 1.54) is 12.1 Å². The van der Waals surface area contributed by atoms with Gasteiger partial charge in [-0.1, -0.05) is 17.7 Å². The van der Waals surface area contributed by atoms with Gasteiger partial charge >= 0.3 is 0 Å². The molecule has 0 saturated carbocycles. The van der Waals surface area contributed by atoms with Crippen molar-refractivity contribution >= 4 is 11.6 Å². The van der Waals surface area contributed by atoms with Crippen molar-refractivity contribution in [2.24, 2.45) is 5.84 Å². The van der Waals surface area contributed by atoms with Crippen LogP contribution >= 0.6 is 11.6 Å². The second-order valence-electron chi connectivity index (χ2n) is 4.03. The molecule has 0 fully saturated rings. The van der Waals surface area contributed by atoms with E-state index in [-0.39, 0.29) is 6.42 Å². The Kier molecular flexibility index (Phi) is 4.42. The lowest BCUT2D eigenvalue weighted by atomic mass is 10.0.